The molecule has 0 aliphatic heterocycles. The Morgan fingerprint density at radius 1 is 1.29 bits per heavy atom. The van der Waals surface area contributed by atoms with E-state index in [1.54, 1.807) is 12.1 Å². The number of nitrogens with two attached hydrogens (primary N) is 1. The third-order valence-corrected chi connectivity index (χ3v) is 4.98. The van der Waals surface area contributed by atoms with Gasteiger partial charge in [0.25, 0.3) is 5.91 Å². The van der Waals surface area contributed by atoms with Crippen molar-refractivity contribution >= 4 is 39.0 Å². The zero-order chi connectivity index (χ0) is 15.5. The first-order valence-electron chi connectivity index (χ1n) is 7.03. The van der Waals surface area contributed by atoms with Gasteiger partial charge in [0.1, 0.15) is 5.82 Å². The molecule has 0 spiro atoms. The van der Waals surface area contributed by atoms with Crippen molar-refractivity contribution in [3.8, 4) is 0 Å². The average molecular weight is 373 g/mol. The van der Waals surface area contributed by atoms with E-state index in [1.807, 2.05) is 0 Å². The van der Waals surface area contributed by atoms with Crippen LogP contribution in [0.3, 0.4) is 0 Å². The molecule has 0 atom stereocenters. The Balaban J connectivity index is 2.26. The van der Waals surface area contributed by atoms with Gasteiger partial charge in [-0.3, -0.25) is 4.79 Å². The topological polar surface area (TPSA) is 55.1 Å². The van der Waals surface area contributed by atoms with E-state index in [0.717, 1.165) is 25.7 Å². The third kappa shape index (κ3) is 3.61. The van der Waals surface area contributed by atoms with Gasteiger partial charge in [0.2, 0.25) is 0 Å². The number of thiocarbonyl (C=S) groups is 1. The number of hydrogen-bond donors (Lipinski definition) is 2. The molecular formula is C15H18BrFN2OS. The van der Waals surface area contributed by atoms with E-state index in [-0.39, 0.29) is 15.0 Å². The lowest BCUT2D eigenvalue weighted by atomic mass is 9.89. The van der Waals surface area contributed by atoms with E-state index >= 15 is 0 Å². The summed E-state index contributed by atoms with van der Waals surface area (Å²) >= 11 is 8.26. The van der Waals surface area contributed by atoms with Gasteiger partial charge in [0.05, 0.1) is 20.6 Å². The number of nitrogens with one attached hydrogen (secondary N) is 1. The zero-order valence-electron chi connectivity index (χ0n) is 11.6. The van der Waals surface area contributed by atoms with Crippen molar-refractivity contribution in [1.29, 1.82) is 0 Å². The van der Waals surface area contributed by atoms with Crippen LogP contribution in [0.25, 0.3) is 0 Å². The minimum Gasteiger partial charge on any atom is -0.391 e. The van der Waals surface area contributed by atoms with Crippen LogP contribution in [-0.2, 0) is 0 Å². The van der Waals surface area contributed by atoms with Crippen molar-refractivity contribution in [2.75, 3.05) is 0 Å². The summed E-state index contributed by atoms with van der Waals surface area (Å²) in [5.74, 6) is -1.04. The van der Waals surface area contributed by atoms with E-state index in [1.165, 1.54) is 6.07 Å². The fraction of sp³-hybridized carbons (Fsp3) is 0.467. The smallest absolute Gasteiger partial charge is 0.255 e. The van der Waals surface area contributed by atoms with Crippen LogP contribution in [0.4, 0.5) is 4.39 Å². The Hall–Kier alpha value is -1.01. The first-order chi connectivity index (χ1) is 9.96. The maximum absolute atomic E-state index is 14.0. The molecule has 1 fully saturated rings. The zero-order valence-corrected chi connectivity index (χ0v) is 14.0. The maximum atomic E-state index is 14.0. The molecule has 3 nitrogen and oxygen atoms in total. The Kier molecular flexibility index (Phi) is 5.32. The molecule has 1 saturated carbocycles. The first kappa shape index (κ1) is 16.4. The van der Waals surface area contributed by atoms with Gasteiger partial charge in [-0.25, -0.2) is 4.39 Å². The number of amides is 1. The van der Waals surface area contributed by atoms with E-state index in [2.05, 4.69) is 21.2 Å². The highest BCUT2D eigenvalue weighted by atomic mass is 79.9. The van der Waals surface area contributed by atoms with Crippen molar-refractivity contribution < 1.29 is 9.18 Å². The largest absolute Gasteiger partial charge is 0.391 e. The van der Waals surface area contributed by atoms with E-state index in [9.17, 15) is 9.18 Å². The SMILES string of the molecule is NC(=S)C1(NC(=O)c2cccc(Br)c2F)CCCCCC1. The number of benzene rings is 1. The Labute approximate surface area is 137 Å². The molecule has 0 saturated heterocycles. The predicted molar refractivity (Wildman–Crippen MR) is 88.8 cm³/mol. The Bertz CT molecular complexity index is 557. The fourth-order valence-corrected chi connectivity index (χ4v) is 3.35. The number of halogens is 2. The van der Waals surface area contributed by atoms with E-state index in [0.29, 0.717) is 12.8 Å². The Morgan fingerprint density at radius 3 is 2.48 bits per heavy atom. The normalized spacial score (nSPS) is 17.8. The van der Waals surface area contributed by atoms with Crippen molar-refractivity contribution in [1.82, 2.24) is 5.32 Å². The standard InChI is InChI=1S/C15H18BrFN2OS/c16-11-7-5-6-10(12(11)17)13(20)19-15(14(18)21)8-3-1-2-4-9-15/h5-7H,1-4,8-9H2,(H2,18,21)(H,19,20). The van der Waals surface area contributed by atoms with Gasteiger partial charge < -0.3 is 11.1 Å². The molecule has 0 radical (unpaired) electrons. The molecule has 0 heterocycles. The molecule has 114 valence electrons. The second-order valence-corrected chi connectivity index (χ2v) is 6.71. The fourth-order valence-electron chi connectivity index (χ4n) is 2.73. The maximum Gasteiger partial charge on any atom is 0.255 e. The minimum atomic E-state index is -0.697. The van der Waals surface area contributed by atoms with Gasteiger partial charge in [0.15, 0.2) is 0 Å². The lowest BCUT2D eigenvalue weighted by Crippen LogP contribution is -2.56. The lowest BCUT2D eigenvalue weighted by molar-refractivity contribution is 0.0913. The second kappa shape index (κ2) is 6.83. The molecule has 1 aliphatic carbocycles. The molecule has 1 aromatic rings. The summed E-state index contributed by atoms with van der Waals surface area (Å²) in [4.78, 5) is 12.7. The van der Waals surface area contributed by atoms with Crippen LogP contribution in [0.2, 0.25) is 0 Å². The molecule has 6 heteroatoms. The van der Waals surface area contributed by atoms with Crippen molar-refractivity contribution in [2.45, 2.75) is 44.1 Å². The highest BCUT2D eigenvalue weighted by Gasteiger charge is 2.36. The van der Waals surface area contributed by atoms with Gasteiger partial charge in [-0.2, -0.15) is 0 Å². The van der Waals surface area contributed by atoms with E-state index in [4.69, 9.17) is 18.0 Å². The quantitative estimate of drug-likeness (QED) is 0.628. The van der Waals surface area contributed by atoms with Crippen molar-refractivity contribution in [2.24, 2.45) is 5.73 Å². The average Bonchev–Trinajstić information content (AvgIpc) is 2.68. The van der Waals surface area contributed by atoms with Gasteiger partial charge >= 0.3 is 0 Å². The number of carbonyl (C=O) groups is 1. The van der Waals surface area contributed by atoms with Gasteiger partial charge in [-0.1, -0.05) is 44.0 Å². The molecule has 1 amide bonds. The molecule has 21 heavy (non-hydrogen) atoms. The summed E-state index contributed by atoms with van der Waals surface area (Å²) in [6.07, 6.45) is 5.54. The molecule has 2 rings (SSSR count). The number of rotatable bonds is 3. The summed E-state index contributed by atoms with van der Waals surface area (Å²) in [5, 5.41) is 2.89. The number of hydrogen-bond acceptors (Lipinski definition) is 2. The predicted octanol–water partition coefficient (Wildman–Crippen LogP) is 3.70. The van der Waals surface area contributed by atoms with Crippen LogP contribution in [0, 0.1) is 5.82 Å². The van der Waals surface area contributed by atoms with Crippen LogP contribution in [0.1, 0.15) is 48.9 Å². The molecule has 0 aromatic heterocycles. The van der Waals surface area contributed by atoms with Gasteiger partial charge in [-0.05, 0) is 40.9 Å². The lowest BCUT2D eigenvalue weighted by Gasteiger charge is -2.33. The molecule has 1 aromatic carbocycles. The summed E-state index contributed by atoms with van der Waals surface area (Å²) in [6.45, 7) is 0. The van der Waals surface area contributed by atoms with Crippen LogP contribution in [0.5, 0.6) is 0 Å². The van der Waals surface area contributed by atoms with Crippen molar-refractivity contribution in [3.05, 3.63) is 34.1 Å². The van der Waals surface area contributed by atoms with Gasteiger partial charge in [-0.15, -0.1) is 0 Å². The molecule has 0 unspecified atom stereocenters. The molecule has 1 aliphatic rings. The minimum absolute atomic E-state index is 0.00393. The highest BCUT2D eigenvalue weighted by molar-refractivity contribution is 9.10. The second-order valence-electron chi connectivity index (χ2n) is 5.42. The highest BCUT2D eigenvalue weighted by Crippen LogP contribution is 2.28. The first-order valence-corrected chi connectivity index (χ1v) is 8.23. The van der Waals surface area contributed by atoms with Crippen LogP contribution in [-0.4, -0.2) is 16.4 Å². The molecular weight excluding hydrogens is 355 g/mol. The Morgan fingerprint density at radius 2 is 1.90 bits per heavy atom. The summed E-state index contributed by atoms with van der Waals surface area (Å²) in [5.41, 5.74) is 5.19. The monoisotopic (exact) mass is 372 g/mol. The van der Waals surface area contributed by atoms with Crippen LogP contribution < -0.4 is 11.1 Å². The summed E-state index contributed by atoms with van der Waals surface area (Å²) < 4.78 is 14.3. The molecule has 0 bridgehead atoms. The third-order valence-electron chi connectivity index (χ3n) is 3.98. The van der Waals surface area contributed by atoms with E-state index < -0.39 is 17.3 Å². The summed E-state index contributed by atoms with van der Waals surface area (Å²) in [7, 11) is 0. The summed E-state index contributed by atoms with van der Waals surface area (Å²) in [6, 6.07) is 4.64. The van der Waals surface area contributed by atoms with Crippen LogP contribution >= 0.6 is 28.1 Å². The van der Waals surface area contributed by atoms with Crippen molar-refractivity contribution in [3.63, 3.8) is 0 Å². The van der Waals surface area contributed by atoms with Crippen LogP contribution in [0.15, 0.2) is 22.7 Å². The number of carbonyl (C=O) groups excluding carboxylic acids is 1. The molecule has 3 N–H and O–H groups in total. The van der Waals surface area contributed by atoms with Gasteiger partial charge in [0, 0.05) is 0 Å².